The fraction of sp³-hybridized carbons (Fsp3) is 0.368. The average molecular weight is 325 g/mol. The van der Waals surface area contributed by atoms with Crippen molar-refractivity contribution in [2.24, 2.45) is 0 Å². The molecule has 0 aliphatic carbocycles. The lowest BCUT2D eigenvalue weighted by Crippen LogP contribution is -2.19. The van der Waals surface area contributed by atoms with Gasteiger partial charge in [0, 0.05) is 18.8 Å². The smallest absolute Gasteiger partial charge is 0.274 e. The van der Waals surface area contributed by atoms with Crippen LogP contribution in [0.1, 0.15) is 34.5 Å². The van der Waals surface area contributed by atoms with E-state index in [4.69, 9.17) is 4.74 Å². The lowest BCUT2D eigenvalue weighted by Gasteiger charge is -2.12. The lowest BCUT2D eigenvalue weighted by atomic mass is 10.1. The van der Waals surface area contributed by atoms with E-state index in [0.717, 1.165) is 42.9 Å². The molecule has 0 bridgehead atoms. The Hall–Kier alpha value is -2.40. The van der Waals surface area contributed by atoms with E-state index in [9.17, 15) is 4.79 Å². The Balaban J connectivity index is 1.58. The molecular formula is C19H23N3O2. The second kappa shape index (κ2) is 7.45. The van der Waals surface area contributed by atoms with Gasteiger partial charge in [-0.3, -0.25) is 4.79 Å². The van der Waals surface area contributed by atoms with Gasteiger partial charge in [0.15, 0.2) is 0 Å². The summed E-state index contributed by atoms with van der Waals surface area (Å²) >= 11 is 0. The molecule has 1 aliphatic rings. The highest BCUT2D eigenvalue weighted by Crippen LogP contribution is 2.17. The van der Waals surface area contributed by atoms with Crippen LogP contribution in [0.4, 0.5) is 11.4 Å². The molecule has 5 nitrogen and oxygen atoms in total. The van der Waals surface area contributed by atoms with Crippen molar-refractivity contribution in [3.05, 3.63) is 53.3 Å². The summed E-state index contributed by atoms with van der Waals surface area (Å²) in [5.41, 5.74) is 4.32. The van der Waals surface area contributed by atoms with Crippen LogP contribution in [0.5, 0.6) is 0 Å². The van der Waals surface area contributed by atoms with Crippen molar-refractivity contribution in [2.45, 2.75) is 32.8 Å². The minimum absolute atomic E-state index is 0.201. The number of aryl methyl sites for hydroxylation is 2. The van der Waals surface area contributed by atoms with Crippen molar-refractivity contribution in [1.82, 2.24) is 4.98 Å². The zero-order valence-electron chi connectivity index (χ0n) is 14.1. The third-order valence-electron chi connectivity index (χ3n) is 4.18. The van der Waals surface area contributed by atoms with Gasteiger partial charge >= 0.3 is 0 Å². The summed E-state index contributed by atoms with van der Waals surface area (Å²) in [7, 11) is 0. The third-order valence-corrected chi connectivity index (χ3v) is 4.18. The highest BCUT2D eigenvalue weighted by atomic mass is 16.5. The van der Waals surface area contributed by atoms with Crippen molar-refractivity contribution < 1.29 is 9.53 Å². The SMILES string of the molecule is Cc1ccc(NC(=O)c2ccc(NCC3CCCO3)cn2)c(C)c1. The molecule has 2 heterocycles. The van der Waals surface area contributed by atoms with Gasteiger partial charge in [-0.2, -0.15) is 0 Å². The van der Waals surface area contributed by atoms with Gasteiger partial charge in [0.2, 0.25) is 0 Å². The van der Waals surface area contributed by atoms with Crippen molar-refractivity contribution in [3.8, 4) is 0 Å². The van der Waals surface area contributed by atoms with E-state index in [1.54, 1.807) is 12.3 Å². The molecule has 0 saturated carbocycles. The molecule has 1 atom stereocenters. The van der Waals surface area contributed by atoms with E-state index in [1.165, 1.54) is 5.56 Å². The highest BCUT2D eigenvalue weighted by molar-refractivity contribution is 6.03. The van der Waals surface area contributed by atoms with Gasteiger partial charge in [-0.1, -0.05) is 17.7 Å². The van der Waals surface area contributed by atoms with Crippen molar-refractivity contribution >= 4 is 17.3 Å². The standard InChI is InChI=1S/C19H23N3O2/c1-13-5-7-17(14(2)10-13)22-19(23)18-8-6-15(11-21-18)20-12-16-4-3-9-24-16/h5-8,10-11,16,20H,3-4,9,12H2,1-2H3,(H,22,23). The summed E-state index contributed by atoms with van der Waals surface area (Å²) in [5.74, 6) is -0.201. The number of amides is 1. The first-order valence-corrected chi connectivity index (χ1v) is 8.32. The Morgan fingerprint density at radius 2 is 2.17 bits per heavy atom. The maximum absolute atomic E-state index is 12.3. The van der Waals surface area contributed by atoms with Gasteiger partial charge < -0.3 is 15.4 Å². The summed E-state index contributed by atoms with van der Waals surface area (Å²) in [6, 6.07) is 9.55. The van der Waals surface area contributed by atoms with Gasteiger partial charge in [-0.05, 0) is 50.5 Å². The van der Waals surface area contributed by atoms with Crippen LogP contribution in [0.3, 0.4) is 0 Å². The molecule has 1 amide bonds. The molecule has 1 unspecified atom stereocenters. The zero-order valence-corrected chi connectivity index (χ0v) is 14.1. The van der Waals surface area contributed by atoms with Crippen molar-refractivity contribution in [3.63, 3.8) is 0 Å². The molecule has 2 N–H and O–H groups in total. The molecule has 1 aromatic heterocycles. The number of carbonyl (C=O) groups excluding carboxylic acids is 1. The van der Waals surface area contributed by atoms with Crippen LogP contribution < -0.4 is 10.6 Å². The van der Waals surface area contributed by atoms with Gasteiger partial charge in [0.25, 0.3) is 5.91 Å². The molecule has 0 radical (unpaired) electrons. The first kappa shape index (κ1) is 16.5. The van der Waals surface area contributed by atoms with E-state index >= 15 is 0 Å². The number of aromatic nitrogens is 1. The number of pyridine rings is 1. The van der Waals surface area contributed by atoms with Crippen LogP contribution in [0.2, 0.25) is 0 Å². The lowest BCUT2D eigenvalue weighted by molar-refractivity contribution is 0.102. The normalized spacial score (nSPS) is 16.8. The van der Waals surface area contributed by atoms with E-state index in [2.05, 4.69) is 15.6 Å². The van der Waals surface area contributed by atoms with Crippen LogP contribution in [0.25, 0.3) is 0 Å². The molecule has 126 valence electrons. The van der Waals surface area contributed by atoms with E-state index in [1.807, 2.05) is 38.1 Å². The molecule has 24 heavy (non-hydrogen) atoms. The van der Waals surface area contributed by atoms with Gasteiger partial charge in [-0.25, -0.2) is 4.98 Å². The Labute approximate surface area is 142 Å². The average Bonchev–Trinajstić information content (AvgIpc) is 3.09. The molecular weight excluding hydrogens is 302 g/mol. The minimum atomic E-state index is -0.201. The minimum Gasteiger partial charge on any atom is -0.381 e. The molecule has 3 rings (SSSR count). The third kappa shape index (κ3) is 4.11. The van der Waals surface area contributed by atoms with Gasteiger partial charge in [0.1, 0.15) is 5.69 Å². The quantitative estimate of drug-likeness (QED) is 0.882. The molecule has 1 aliphatic heterocycles. The van der Waals surface area contributed by atoms with Crippen LogP contribution in [-0.4, -0.2) is 30.1 Å². The number of nitrogens with one attached hydrogen (secondary N) is 2. The zero-order chi connectivity index (χ0) is 16.9. The summed E-state index contributed by atoms with van der Waals surface area (Å²) in [6.45, 7) is 5.63. The first-order chi connectivity index (χ1) is 11.6. The van der Waals surface area contributed by atoms with E-state index in [-0.39, 0.29) is 12.0 Å². The number of ether oxygens (including phenoxy) is 1. The Kier molecular flexibility index (Phi) is 5.11. The summed E-state index contributed by atoms with van der Waals surface area (Å²) in [5, 5.41) is 6.21. The Bertz CT molecular complexity index is 707. The fourth-order valence-electron chi connectivity index (χ4n) is 2.81. The van der Waals surface area contributed by atoms with Gasteiger partial charge in [-0.15, -0.1) is 0 Å². The molecule has 1 aromatic carbocycles. The van der Waals surface area contributed by atoms with Crippen LogP contribution in [0, 0.1) is 13.8 Å². The maximum Gasteiger partial charge on any atom is 0.274 e. The van der Waals surface area contributed by atoms with E-state index < -0.39 is 0 Å². The summed E-state index contributed by atoms with van der Waals surface area (Å²) in [6.07, 6.45) is 4.18. The van der Waals surface area contributed by atoms with E-state index in [0.29, 0.717) is 5.69 Å². The fourth-order valence-corrected chi connectivity index (χ4v) is 2.81. The van der Waals surface area contributed by atoms with Crippen LogP contribution >= 0.6 is 0 Å². The highest BCUT2D eigenvalue weighted by Gasteiger charge is 2.15. The summed E-state index contributed by atoms with van der Waals surface area (Å²) < 4.78 is 5.58. The van der Waals surface area contributed by atoms with Crippen molar-refractivity contribution in [1.29, 1.82) is 0 Å². The summed E-state index contributed by atoms with van der Waals surface area (Å²) in [4.78, 5) is 16.6. The molecule has 2 aromatic rings. The molecule has 5 heteroatoms. The Morgan fingerprint density at radius 3 is 2.83 bits per heavy atom. The second-order valence-corrected chi connectivity index (χ2v) is 6.22. The number of nitrogens with zero attached hydrogens (tertiary/aromatic N) is 1. The molecule has 1 fully saturated rings. The topological polar surface area (TPSA) is 63.2 Å². The Morgan fingerprint density at radius 1 is 1.29 bits per heavy atom. The van der Waals surface area contributed by atoms with Gasteiger partial charge in [0.05, 0.1) is 18.0 Å². The maximum atomic E-state index is 12.3. The number of rotatable bonds is 5. The van der Waals surface area contributed by atoms with Crippen LogP contribution in [-0.2, 0) is 4.74 Å². The predicted molar refractivity (Wildman–Crippen MR) is 95.6 cm³/mol. The van der Waals surface area contributed by atoms with Crippen molar-refractivity contribution in [2.75, 3.05) is 23.8 Å². The largest absolute Gasteiger partial charge is 0.381 e. The number of anilines is 2. The monoisotopic (exact) mass is 325 g/mol. The first-order valence-electron chi connectivity index (χ1n) is 8.32. The van der Waals surface area contributed by atoms with Crippen LogP contribution in [0.15, 0.2) is 36.5 Å². The number of hydrogen-bond donors (Lipinski definition) is 2. The molecule has 1 saturated heterocycles. The second-order valence-electron chi connectivity index (χ2n) is 6.22. The molecule has 0 spiro atoms. The number of benzene rings is 1. The number of carbonyl (C=O) groups is 1. The number of hydrogen-bond acceptors (Lipinski definition) is 4. The predicted octanol–water partition coefficient (Wildman–Crippen LogP) is 3.54.